The molecular formula is C21H22N6O3. The van der Waals surface area contributed by atoms with Crippen LogP contribution in [0.4, 0.5) is 17.1 Å². The van der Waals surface area contributed by atoms with Crippen LogP contribution >= 0.6 is 0 Å². The highest BCUT2D eigenvalue weighted by molar-refractivity contribution is 6.11. The Morgan fingerprint density at radius 3 is 2.33 bits per heavy atom. The first-order valence-electron chi connectivity index (χ1n) is 9.08. The maximum atomic E-state index is 12.6. The number of amides is 3. The third-order valence-electron chi connectivity index (χ3n) is 4.53. The van der Waals surface area contributed by atoms with Gasteiger partial charge in [0.05, 0.1) is 6.33 Å². The molecule has 0 atom stereocenters. The van der Waals surface area contributed by atoms with Gasteiger partial charge in [-0.15, -0.1) is 0 Å². The monoisotopic (exact) mass is 406 g/mol. The third kappa shape index (κ3) is 4.30. The number of aromatic amines is 1. The van der Waals surface area contributed by atoms with Gasteiger partial charge in [-0.1, -0.05) is 6.07 Å². The molecule has 1 heterocycles. The number of nitrogens with zero attached hydrogens (tertiary/aromatic N) is 3. The minimum Gasteiger partial charge on any atom is -0.378 e. The number of imidazole rings is 1. The first-order valence-corrected chi connectivity index (χ1v) is 9.08. The van der Waals surface area contributed by atoms with E-state index in [0.29, 0.717) is 16.9 Å². The van der Waals surface area contributed by atoms with E-state index < -0.39 is 11.8 Å². The van der Waals surface area contributed by atoms with Gasteiger partial charge in [0.1, 0.15) is 5.69 Å². The van der Waals surface area contributed by atoms with Crippen LogP contribution in [-0.4, -0.2) is 48.8 Å². The molecule has 0 saturated carbocycles. The molecule has 3 rings (SSSR count). The minimum atomic E-state index is -0.763. The van der Waals surface area contributed by atoms with E-state index in [-0.39, 0.29) is 17.3 Å². The fourth-order valence-electron chi connectivity index (χ4n) is 2.82. The largest absolute Gasteiger partial charge is 0.378 e. The summed E-state index contributed by atoms with van der Waals surface area (Å²) in [5.74, 6) is -1.48. The quantitative estimate of drug-likeness (QED) is 0.578. The third-order valence-corrected chi connectivity index (χ3v) is 4.53. The molecule has 4 N–H and O–H groups in total. The van der Waals surface area contributed by atoms with Crippen molar-refractivity contribution < 1.29 is 14.4 Å². The van der Waals surface area contributed by atoms with Crippen molar-refractivity contribution >= 4 is 34.8 Å². The lowest BCUT2D eigenvalue weighted by Crippen LogP contribution is -2.29. The van der Waals surface area contributed by atoms with Gasteiger partial charge < -0.3 is 25.8 Å². The van der Waals surface area contributed by atoms with E-state index in [0.717, 1.165) is 5.69 Å². The maximum absolute atomic E-state index is 12.6. The van der Waals surface area contributed by atoms with Crippen molar-refractivity contribution in [3.63, 3.8) is 0 Å². The zero-order valence-corrected chi connectivity index (χ0v) is 16.8. The number of hydrogen-bond donors (Lipinski definition) is 3. The van der Waals surface area contributed by atoms with Crippen molar-refractivity contribution in [3.05, 3.63) is 71.8 Å². The summed E-state index contributed by atoms with van der Waals surface area (Å²) in [7, 11) is 5.37. The van der Waals surface area contributed by atoms with Crippen LogP contribution in [0.25, 0.3) is 0 Å². The lowest BCUT2D eigenvalue weighted by atomic mass is 10.1. The second-order valence-electron chi connectivity index (χ2n) is 6.80. The maximum Gasteiger partial charge on any atom is 0.279 e. The van der Waals surface area contributed by atoms with Crippen LogP contribution in [0.5, 0.6) is 0 Å². The number of nitrogens with two attached hydrogens (primary N) is 1. The highest BCUT2D eigenvalue weighted by atomic mass is 16.2. The molecule has 0 saturated heterocycles. The van der Waals surface area contributed by atoms with Crippen LogP contribution in [0.1, 0.15) is 31.3 Å². The van der Waals surface area contributed by atoms with Crippen LogP contribution in [-0.2, 0) is 0 Å². The molecule has 0 fully saturated rings. The Morgan fingerprint density at radius 2 is 1.70 bits per heavy atom. The zero-order chi connectivity index (χ0) is 21.8. The van der Waals surface area contributed by atoms with E-state index in [4.69, 9.17) is 5.73 Å². The lowest BCUT2D eigenvalue weighted by molar-refractivity contribution is 0.0958. The summed E-state index contributed by atoms with van der Waals surface area (Å²) in [4.78, 5) is 46.3. The van der Waals surface area contributed by atoms with E-state index in [1.54, 1.807) is 43.4 Å². The molecule has 154 valence electrons. The lowest BCUT2D eigenvalue weighted by Gasteiger charge is -2.17. The molecule has 0 unspecified atom stereocenters. The summed E-state index contributed by atoms with van der Waals surface area (Å²) in [5, 5.41) is 2.83. The van der Waals surface area contributed by atoms with Crippen molar-refractivity contribution in [2.75, 3.05) is 36.3 Å². The second kappa shape index (κ2) is 8.48. The van der Waals surface area contributed by atoms with Gasteiger partial charge in [-0.2, -0.15) is 0 Å². The topological polar surface area (TPSA) is 124 Å². The Kier molecular flexibility index (Phi) is 5.82. The molecule has 2 aromatic carbocycles. The van der Waals surface area contributed by atoms with E-state index in [1.807, 2.05) is 31.1 Å². The van der Waals surface area contributed by atoms with Gasteiger partial charge in [-0.25, -0.2) is 4.98 Å². The van der Waals surface area contributed by atoms with E-state index >= 15 is 0 Å². The van der Waals surface area contributed by atoms with Gasteiger partial charge in [-0.3, -0.25) is 14.4 Å². The van der Waals surface area contributed by atoms with E-state index in [2.05, 4.69) is 15.3 Å². The van der Waals surface area contributed by atoms with Gasteiger partial charge in [0.2, 0.25) is 0 Å². The minimum absolute atomic E-state index is 0.0457. The van der Waals surface area contributed by atoms with E-state index in [9.17, 15) is 14.4 Å². The van der Waals surface area contributed by atoms with Gasteiger partial charge in [0, 0.05) is 43.8 Å². The predicted octanol–water partition coefficient (Wildman–Crippen LogP) is 2.10. The molecule has 0 spiro atoms. The zero-order valence-electron chi connectivity index (χ0n) is 16.8. The number of carbonyl (C=O) groups is 3. The predicted molar refractivity (Wildman–Crippen MR) is 115 cm³/mol. The van der Waals surface area contributed by atoms with Crippen LogP contribution in [0.3, 0.4) is 0 Å². The Labute approximate surface area is 173 Å². The summed E-state index contributed by atoms with van der Waals surface area (Å²) in [6, 6.07) is 14.0. The first kappa shape index (κ1) is 20.6. The number of primary amides is 1. The summed E-state index contributed by atoms with van der Waals surface area (Å²) in [6.45, 7) is 0. The summed E-state index contributed by atoms with van der Waals surface area (Å²) in [5.41, 5.74) is 7.76. The van der Waals surface area contributed by atoms with Gasteiger partial charge in [0.25, 0.3) is 17.7 Å². The number of aromatic nitrogens is 2. The number of carbonyl (C=O) groups excluding carboxylic acids is 3. The Balaban J connectivity index is 1.72. The fourth-order valence-corrected chi connectivity index (χ4v) is 2.82. The highest BCUT2D eigenvalue weighted by Gasteiger charge is 2.22. The Hall–Kier alpha value is -4.14. The van der Waals surface area contributed by atoms with Crippen molar-refractivity contribution in [2.24, 2.45) is 5.73 Å². The average Bonchev–Trinajstić information content (AvgIpc) is 3.23. The van der Waals surface area contributed by atoms with Crippen molar-refractivity contribution in [3.8, 4) is 0 Å². The smallest absolute Gasteiger partial charge is 0.279 e. The van der Waals surface area contributed by atoms with Crippen LogP contribution < -0.4 is 20.9 Å². The molecule has 0 aliphatic heterocycles. The van der Waals surface area contributed by atoms with Gasteiger partial charge in [0.15, 0.2) is 5.69 Å². The van der Waals surface area contributed by atoms with Crippen LogP contribution in [0.2, 0.25) is 0 Å². The van der Waals surface area contributed by atoms with Crippen molar-refractivity contribution in [2.45, 2.75) is 0 Å². The van der Waals surface area contributed by atoms with Gasteiger partial charge >= 0.3 is 0 Å². The van der Waals surface area contributed by atoms with E-state index in [1.165, 1.54) is 11.2 Å². The molecular weight excluding hydrogens is 384 g/mol. The highest BCUT2D eigenvalue weighted by Crippen LogP contribution is 2.20. The molecule has 0 aliphatic rings. The molecule has 30 heavy (non-hydrogen) atoms. The molecule has 0 bridgehead atoms. The van der Waals surface area contributed by atoms with Crippen LogP contribution in [0.15, 0.2) is 54.9 Å². The summed E-state index contributed by atoms with van der Waals surface area (Å²) >= 11 is 0. The Bertz CT molecular complexity index is 1090. The second-order valence-corrected chi connectivity index (χ2v) is 6.80. The van der Waals surface area contributed by atoms with Crippen molar-refractivity contribution in [1.29, 1.82) is 0 Å². The molecule has 3 aromatic rings. The number of hydrogen-bond acceptors (Lipinski definition) is 5. The van der Waals surface area contributed by atoms with Crippen LogP contribution in [0, 0.1) is 0 Å². The number of H-pyrrole nitrogens is 1. The normalized spacial score (nSPS) is 10.4. The SMILES string of the molecule is CN(C)c1cccc(C(=O)Nc2ccc(N(C)C(=O)c3nc[nH]c3C(N)=O)cc2)c1. The molecule has 3 amide bonds. The Morgan fingerprint density at radius 1 is 1.00 bits per heavy atom. The van der Waals surface area contributed by atoms with Crippen molar-refractivity contribution in [1.82, 2.24) is 9.97 Å². The number of nitrogens with one attached hydrogen (secondary N) is 2. The standard InChI is InChI=1S/C21H22N6O3/c1-26(2)16-6-4-5-13(11-16)20(29)25-14-7-9-15(10-8-14)27(3)21(30)18-17(19(22)28)23-12-24-18/h4-12H,1-3H3,(H2,22,28)(H,23,24)(H,25,29). The summed E-state index contributed by atoms with van der Waals surface area (Å²) < 4.78 is 0. The summed E-state index contributed by atoms with van der Waals surface area (Å²) in [6.07, 6.45) is 1.24. The molecule has 1 aromatic heterocycles. The molecule has 0 aliphatic carbocycles. The molecule has 9 nitrogen and oxygen atoms in total. The van der Waals surface area contributed by atoms with Gasteiger partial charge in [-0.05, 0) is 42.5 Å². The first-order chi connectivity index (χ1) is 14.3. The number of rotatable bonds is 6. The fraction of sp³-hybridized carbons (Fsp3) is 0.143. The number of anilines is 3. The molecule has 9 heteroatoms. The average molecular weight is 406 g/mol. The number of benzene rings is 2. The molecule has 0 radical (unpaired) electrons.